The second kappa shape index (κ2) is 8.57. The second-order valence-electron chi connectivity index (χ2n) is 6.81. The van der Waals surface area contributed by atoms with Gasteiger partial charge < -0.3 is 15.5 Å². The summed E-state index contributed by atoms with van der Waals surface area (Å²) in [6, 6.07) is 19.9. The summed E-state index contributed by atoms with van der Waals surface area (Å²) in [5, 5.41) is 22.8. The van der Waals surface area contributed by atoms with Gasteiger partial charge in [0, 0.05) is 14.0 Å². The summed E-state index contributed by atoms with van der Waals surface area (Å²) >= 11 is 0. The summed E-state index contributed by atoms with van der Waals surface area (Å²) in [5.41, 5.74) is 1.59. The van der Waals surface area contributed by atoms with Crippen molar-refractivity contribution in [3.8, 4) is 17.2 Å². The predicted octanol–water partition coefficient (Wildman–Crippen LogP) is 3.69. The van der Waals surface area contributed by atoms with Crippen LogP contribution >= 0.6 is 0 Å². The minimum Gasteiger partial charge on any atom is -0.504 e. The van der Waals surface area contributed by atoms with Gasteiger partial charge in [0.1, 0.15) is 5.69 Å². The quantitative estimate of drug-likeness (QED) is 0.443. The van der Waals surface area contributed by atoms with Crippen molar-refractivity contribution in [1.82, 2.24) is 9.36 Å². The van der Waals surface area contributed by atoms with Crippen LogP contribution in [0, 0.1) is 6.92 Å². The number of hydrogen-bond donors (Lipinski definition) is 3. The van der Waals surface area contributed by atoms with Crippen LogP contribution in [-0.2, 0) is 11.8 Å². The SMILES string of the molecule is CC(=O)Nc1c(C)n(C)n(-c2ccccc2)c1=O.Oc1cc2ccccc2cc1O. The molecule has 4 aromatic rings. The van der Waals surface area contributed by atoms with Gasteiger partial charge in [-0.15, -0.1) is 0 Å². The Morgan fingerprint density at radius 3 is 1.90 bits per heavy atom. The molecule has 1 amide bonds. The molecule has 30 heavy (non-hydrogen) atoms. The number of amides is 1. The lowest BCUT2D eigenvalue weighted by Gasteiger charge is -2.07. The van der Waals surface area contributed by atoms with Gasteiger partial charge in [0.05, 0.1) is 11.4 Å². The second-order valence-corrected chi connectivity index (χ2v) is 6.81. The zero-order chi connectivity index (χ0) is 21.8. The lowest BCUT2D eigenvalue weighted by Crippen LogP contribution is -2.21. The van der Waals surface area contributed by atoms with Crippen molar-refractivity contribution >= 4 is 22.4 Å². The molecule has 0 radical (unpaired) electrons. The molecule has 0 atom stereocenters. The van der Waals surface area contributed by atoms with Gasteiger partial charge in [0.25, 0.3) is 5.56 Å². The van der Waals surface area contributed by atoms with Crippen LogP contribution in [0.3, 0.4) is 0 Å². The highest BCUT2D eigenvalue weighted by Gasteiger charge is 2.16. The van der Waals surface area contributed by atoms with E-state index in [1.165, 1.54) is 11.6 Å². The molecule has 0 fully saturated rings. The molecule has 7 heteroatoms. The van der Waals surface area contributed by atoms with Gasteiger partial charge >= 0.3 is 0 Å². The molecule has 3 aromatic carbocycles. The highest BCUT2D eigenvalue weighted by atomic mass is 16.3. The van der Waals surface area contributed by atoms with E-state index < -0.39 is 0 Å². The normalized spacial score (nSPS) is 10.4. The Morgan fingerprint density at radius 2 is 1.40 bits per heavy atom. The zero-order valence-corrected chi connectivity index (χ0v) is 17.0. The Balaban J connectivity index is 0.000000184. The monoisotopic (exact) mass is 405 g/mol. The number of anilines is 1. The van der Waals surface area contributed by atoms with Crippen molar-refractivity contribution in [3.63, 3.8) is 0 Å². The minimum absolute atomic E-state index is 0.0753. The molecule has 0 aliphatic heterocycles. The number of hydrogen-bond acceptors (Lipinski definition) is 4. The van der Waals surface area contributed by atoms with E-state index in [9.17, 15) is 9.59 Å². The molecule has 0 bridgehead atoms. The van der Waals surface area contributed by atoms with Crippen molar-refractivity contribution in [2.45, 2.75) is 13.8 Å². The maximum atomic E-state index is 12.3. The van der Waals surface area contributed by atoms with Crippen molar-refractivity contribution < 1.29 is 15.0 Å². The molecule has 154 valence electrons. The van der Waals surface area contributed by atoms with E-state index in [0.29, 0.717) is 5.69 Å². The van der Waals surface area contributed by atoms with Gasteiger partial charge in [-0.05, 0) is 42.0 Å². The summed E-state index contributed by atoms with van der Waals surface area (Å²) in [4.78, 5) is 23.4. The fourth-order valence-electron chi connectivity index (χ4n) is 3.10. The van der Waals surface area contributed by atoms with Crippen LogP contribution in [0.15, 0.2) is 71.5 Å². The largest absolute Gasteiger partial charge is 0.504 e. The maximum absolute atomic E-state index is 12.3. The summed E-state index contributed by atoms with van der Waals surface area (Å²) < 4.78 is 3.25. The molecule has 4 rings (SSSR count). The van der Waals surface area contributed by atoms with Gasteiger partial charge in [0.2, 0.25) is 5.91 Å². The molecule has 7 nitrogen and oxygen atoms in total. The Morgan fingerprint density at radius 1 is 0.900 bits per heavy atom. The Hall–Kier alpha value is -4.00. The number of para-hydroxylation sites is 1. The first-order chi connectivity index (χ1) is 14.3. The number of benzene rings is 3. The van der Waals surface area contributed by atoms with Crippen LogP contribution in [0.1, 0.15) is 12.6 Å². The van der Waals surface area contributed by atoms with Crippen molar-refractivity contribution in [2.24, 2.45) is 7.05 Å². The van der Waals surface area contributed by atoms with Crippen LogP contribution in [0.4, 0.5) is 5.69 Å². The lowest BCUT2D eigenvalue weighted by molar-refractivity contribution is -0.114. The average Bonchev–Trinajstić information content (AvgIpc) is 2.93. The molecule has 3 N–H and O–H groups in total. The summed E-state index contributed by atoms with van der Waals surface area (Å²) in [6.45, 7) is 3.19. The van der Waals surface area contributed by atoms with Gasteiger partial charge in [-0.1, -0.05) is 42.5 Å². The van der Waals surface area contributed by atoms with Gasteiger partial charge in [-0.25, -0.2) is 4.68 Å². The highest BCUT2D eigenvalue weighted by Crippen LogP contribution is 2.29. The van der Waals surface area contributed by atoms with Crippen molar-refractivity contribution in [1.29, 1.82) is 0 Å². The number of aromatic hydroxyl groups is 2. The van der Waals surface area contributed by atoms with E-state index in [4.69, 9.17) is 10.2 Å². The molecule has 0 aliphatic carbocycles. The molecular formula is C23H23N3O4. The smallest absolute Gasteiger partial charge is 0.295 e. The molecule has 0 saturated carbocycles. The van der Waals surface area contributed by atoms with Crippen molar-refractivity contribution in [2.75, 3.05) is 5.32 Å². The number of carbonyl (C=O) groups is 1. The third-order valence-corrected chi connectivity index (χ3v) is 4.70. The molecule has 0 unspecified atom stereocenters. The maximum Gasteiger partial charge on any atom is 0.295 e. The van der Waals surface area contributed by atoms with Crippen LogP contribution in [0.2, 0.25) is 0 Å². The highest BCUT2D eigenvalue weighted by molar-refractivity contribution is 5.89. The minimum atomic E-state index is -0.249. The number of aromatic nitrogens is 2. The third-order valence-electron chi connectivity index (χ3n) is 4.70. The van der Waals surface area contributed by atoms with E-state index in [0.717, 1.165) is 22.2 Å². The number of nitrogens with one attached hydrogen (secondary N) is 1. The molecule has 1 aromatic heterocycles. The van der Waals surface area contributed by atoms with Gasteiger partial charge in [-0.3, -0.25) is 14.3 Å². The average molecular weight is 405 g/mol. The Labute approximate surface area is 173 Å². The topological polar surface area (TPSA) is 96.5 Å². The standard InChI is InChI=1S/C13H15N3O2.C10H8O2/c1-9-12(14-10(2)17)13(18)16(15(9)3)11-7-5-4-6-8-11;11-9-5-7-3-1-2-4-8(7)6-10(9)12/h4-8H,1-3H3,(H,14,17);1-6,11-12H. The lowest BCUT2D eigenvalue weighted by atomic mass is 10.1. The number of carbonyl (C=O) groups excluding carboxylic acids is 1. The Kier molecular flexibility index (Phi) is 5.92. The van der Waals surface area contributed by atoms with E-state index in [1.54, 1.807) is 30.8 Å². The summed E-state index contributed by atoms with van der Waals surface area (Å²) in [6.07, 6.45) is 0. The zero-order valence-electron chi connectivity index (χ0n) is 17.0. The van der Waals surface area contributed by atoms with Crippen LogP contribution in [-0.4, -0.2) is 25.5 Å². The van der Waals surface area contributed by atoms with Gasteiger partial charge in [0.15, 0.2) is 11.5 Å². The van der Waals surface area contributed by atoms with Crippen LogP contribution in [0.25, 0.3) is 16.5 Å². The molecule has 0 saturated heterocycles. The number of nitrogens with zero attached hydrogens (tertiary/aromatic N) is 2. The number of rotatable bonds is 2. The van der Waals surface area contributed by atoms with E-state index in [-0.39, 0.29) is 23.0 Å². The fraction of sp³-hybridized carbons (Fsp3) is 0.130. The van der Waals surface area contributed by atoms with Crippen molar-refractivity contribution in [3.05, 3.63) is 82.8 Å². The van der Waals surface area contributed by atoms with Crippen LogP contribution in [0.5, 0.6) is 11.5 Å². The van der Waals surface area contributed by atoms with E-state index in [2.05, 4.69) is 5.32 Å². The van der Waals surface area contributed by atoms with Crippen LogP contribution < -0.4 is 10.9 Å². The van der Waals surface area contributed by atoms with E-state index in [1.807, 2.05) is 54.6 Å². The predicted molar refractivity (Wildman–Crippen MR) is 117 cm³/mol. The Bertz CT molecular complexity index is 1220. The third kappa shape index (κ3) is 4.20. The van der Waals surface area contributed by atoms with E-state index >= 15 is 0 Å². The van der Waals surface area contributed by atoms with Gasteiger partial charge in [-0.2, -0.15) is 0 Å². The first kappa shape index (κ1) is 20.7. The first-order valence-electron chi connectivity index (χ1n) is 9.32. The molecular weight excluding hydrogens is 382 g/mol. The summed E-state index contributed by atoms with van der Waals surface area (Å²) in [7, 11) is 1.79. The molecule has 1 heterocycles. The number of phenolic OH excluding ortho intramolecular Hbond substituents is 2. The number of fused-ring (bicyclic) bond motifs is 1. The first-order valence-corrected chi connectivity index (χ1v) is 9.32. The summed E-state index contributed by atoms with van der Waals surface area (Å²) in [5.74, 6) is -0.400. The molecule has 0 aliphatic rings. The number of phenols is 2. The fourth-order valence-corrected chi connectivity index (χ4v) is 3.10. The molecule has 0 spiro atoms.